The number of hydrogen-bond acceptors (Lipinski definition) is 2. The van der Waals surface area contributed by atoms with Crippen LogP contribution in [0, 0.1) is 46.8 Å². The fraction of sp³-hybridized carbons (Fsp3) is 1.00. The van der Waals surface area contributed by atoms with Crippen LogP contribution in [0.4, 0.5) is 0 Å². The molecule has 0 saturated heterocycles. The van der Waals surface area contributed by atoms with Gasteiger partial charge in [-0.3, -0.25) is 0 Å². The highest BCUT2D eigenvalue weighted by molar-refractivity contribution is 5.15. The molecule has 0 amide bonds. The maximum absolute atomic E-state index is 9.89. The molecule has 4 fully saturated rings. The molecule has 8 unspecified atom stereocenters. The summed E-state index contributed by atoms with van der Waals surface area (Å²) in [6, 6.07) is 0. The van der Waals surface area contributed by atoms with Crippen LogP contribution in [-0.2, 0) is 0 Å². The molecule has 2 nitrogen and oxygen atoms in total. The van der Waals surface area contributed by atoms with Gasteiger partial charge in [0.05, 0.1) is 0 Å². The summed E-state index contributed by atoms with van der Waals surface area (Å²) in [4.78, 5) is 0. The zero-order valence-corrected chi connectivity index (χ0v) is 11.4. The van der Waals surface area contributed by atoms with Crippen molar-refractivity contribution in [2.75, 3.05) is 13.2 Å². The van der Waals surface area contributed by atoms with Gasteiger partial charge in [0.25, 0.3) is 0 Å². The van der Waals surface area contributed by atoms with E-state index in [1.807, 2.05) is 0 Å². The third kappa shape index (κ3) is 1.17. The molecule has 0 aromatic heterocycles. The first kappa shape index (κ1) is 11.7. The van der Waals surface area contributed by atoms with Crippen LogP contribution in [0.2, 0.25) is 0 Å². The van der Waals surface area contributed by atoms with Crippen molar-refractivity contribution < 1.29 is 10.2 Å². The molecule has 4 bridgehead atoms. The van der Waals surface area contributed by atoms with Crippen LogP contribution in [0.1, 0.15) is 39.0 Å². The predicted octanol–water partition coefficient (Wildman–Crippen LogP) is 2.30. The van der Waals surface area contributed by atoms with Crippen molar-refractivity contribution in [2.24, 2.45) is 46.8 Å². The first-order valence-electron chi connectivity index (χ1n) is 7.95. The highest BCUT2D eigenvalue weighted by atomic mass is 16.3. The van der Waals surface area contributed by atoms with E-state index in [-0.39, 0.29) is 5.41 Å². The molecule has 102 valence electrons. The van der Waals surface area contributed by atoms with Gasteiger partial charge in [0.2, 0.25) is 0 Å². The van der Waals surface area contributed by atoms with Gasteiger partial charge in [0.1, 0.15) is 0 Å². The van der Waals surface area contributed by atoms with Crippen molar-refractivity contribution >= 4 is 0 Å². The first-order chi connectivity index (χ1) is 8.74. The van der Waals surface area contributed by atoms with E-state index in [9.17, 15) is 10.2 Å². The Hall–Kier alpha value is -0.0800. The monoisotopic (exact) mass is 250 g/mol. The second-order valence-corrected chi connectivity index (χ2v) is 7.67. The number of aliphatic hydroxyl groups excluding tert-OH is 2. The van der Waals surface area contributed by atoms with Crippen LogP contribution in [-0.4, -0.2) is 23.4 Å². The van der Waals surface area contributed by atoms with Crippen molar-refractivity contribution in [3.63, 3.8) is 0 Å². The van der Waals surface area contributed by atoms with E-state index in [1.165, 1.54) is 25.7 Å². The Morgan fingerprint density at radius 1 is 1.06 bits per heavy atom. The van der Waals surface area contributed by atoms with Gasteiger partial charge in [-0.05, 0) is 78.9 Å². The number of hydrogen-bond donors (Lipinski definition) is 2. The molecule has 0 aromatic rings. The summed E-state index contributed by atoms with van der Waals surface area (Å²) in [6.45, 7) is 3.10. The molecule has 4 saturated carbocycles. The fourth-order valence-electron chi connectivity index (χ4n) is 6.95. The van der Waals surface area contributed by atoms with Gasteiger partial charge in [0, 0.05) is 13.2 Å². The third-order valence-corrected chi connectivity index (χ3v) is 7.54. The minimum atomic E-state index is 0.269. The van der Waals surface area contributed by atoms with E-state index in [0.717, 1.165) is 41.9 Å². The van der Waals surface area contributed by atoms with Crippen molar-refractivity contribution in [1.29, 1.82) is 0 Å². The molecular formula is C16H26O2. The van der Waals surface area contributed by atoms with Gasteiger partial charge in [-0.2, -0.15) is 0 Å². The Balaban J connectivity index is 1.64. The maximum atomic E-state index is 9.89. The molecule has 8 atom stereocenters. The molecule has 0 aromatic carbocycles. The molecule has 4 rings (SSSR count). The number of aliphatic hydroxyl groups is 2. The summed E-state index contributed by atoms with van der Waals surface area (Å²) in [5.74, 6) is 5.81. The lowest BCUT2D eigenvalue weighted by Gasteiger charge is -2.46. The van der Waals surface area contributed by atoms with Crippen LogP contribution in [0.5, 0.6) is 0 Å². The van der Waals surface area contributed by atoms with E-state index in [1.54, 1.807) is 0 Å². The smallest absolute Gasteiger partial charge is 0.0490 e. The lowest BCUT2D eigenvalue weighted by atomic mass is 9.59. The van der Waals surface area contributed by atoms with Crippen LogP contribution in [0.15, 0.2) is 0 Å². The standard InChI is InChI=1S/C16H26O2/c1-2-16(8-18)6-10-5-13(16)15-9-3-11(7-17)12(4-9)14(10)15/h9-15,17-18H,2-8H2,1H3. The minimum Gasteiger partial charge on any atom is -0.396 e. The Morgan fingerprint density at radius 3 is 2.56 bits per heavy atom. The molecule has 2 heteroatoms. The Morgan fingerprint density at radius 2 is 1.89 bits per heavy atom. The van der Waals surface area contributed by atoms with Crippen LogP contribution >= 0.6 is 0 Å². The molecule has 0 heterocycles. The lowest BCUT2D eigenvalue weighted by molar-refractivity contribution is -0.0255. The van der Waals surface area contributed by atoms with Gasteiger partial charge in [0.15, 0.2) is 0 Å². The van der Waals surface area contributed by atoms with Gasteiger partial charge in [-0.15, -0.1) is 0 Å². The van der Waals surface area contributed by atoms with Crippen molar-refractivity contribution in [1.82, 2.24) is 0 Å². The Bertz CT molecular complexity index is 349. The second kappa shape index (κ2) is 3.73. The largest absolute Gasteiger partial charge is 0.396 e. The molecule has 18 heavy (non-hydrogen) atoms. The molecular weight excluding hydrogens is 224 g/mol. The predicted molar refractivity (Wildman–Crippen MR) is 69.8 cm³/mol. The number of rotatable bonds is 3. The molecule has 4 aliphatic rings. The average molecular weight is 250 g/mol. The molecule has 0 spiro atoms. The van der Waals surface area contributed by atoms with E-state index in [4.69, 9.17) is 0 Å². The van der Waals surface area contributed by atoms with Gasteiger partial charge >= 0.3 is 0 Å². The van der Waals surface area contributed by atoms with Crippen molar-refractivity contribution in [2.45, 2.75) is 39.0 Å². The van der Waals surface area contributed by atoms with E-state index >= 15 is 0 Å². The summed E-state index contributed by atoms with van der Waals surface area (Å²) in [6.07, 6.45) is 6.48. The second-order valence-electron chi connectivity index (χ2n) is 7.67. The van der Waals surface area contributed by atoms with Gasteiger partial charge < -0.3 is 10.2 Å². The van der Waals surface area contributed by atoms with Crippen molar-refractivity contribution in [3.05, 3.63) is 0 Å². The number of fused-ring (bicyclic) bond motifs is 9. The maximum Gasteiger partial charge on any atom is 0.0490 e. The first-order valence-corrected chi connectivity index (χ1v) is 7.95. The lowest BCUT2D eigenvalue weighted by Crippen LogP contribution is -2.43. The van der Waals surface area contributed by atoms with Crippen LogP contribution in [0.25, 0.3) is 0 Å². The zero-order valence-electron chi connectivity index (χ0n) is 11.4. The van der Waals surface area contributed by atoms with E-state index in [0.29, 0.717) is 19.1 Å². The molecule has 2 N–H and O–H groups in total. The molecule has 4 aliphatic carbocycles. The Kier molecular flexibility index (Phi) is 2.43. The summed E-state index contributed by atoms with van der Waals surface area (Å²) < 4.78 is 0. The minimum absolute atomic E-state index is 0.269. The summed E-state index contributed by atoms with van der Waals surface area (Å²) in [5.41, 5.74) is 0.269. The summed E-state index contributed by atoms with van der Waals surface area (Å²) >= 11 is 0. The topological polar surface area (TPSA) is 40.5 Å². The van der Waals surface area contributed by atoms with Crippen LogP contribution < -0.4 is 0 Å². The third-order valence-electron chi connectivity index (χ3n) is 7.54. The van der Waals surface area contributed by atoms with Gasteiger partial charge in [-0.25, -0.2) is 0 Å². The average Bonchev–Trinajstić information content (AvgIpc) is 3.13. The van der Waals surface area contributed by atoms with E-state index in [2.05, 4.69) is 6.92 Å². The zero-order chi connectivity index (χ0) is 12.5. The SMILES string of the molecule is CCC1(CO)CC2CC1C1C3CC(CO)C(C3)C21. The van der Waals surface area contributed by atoms with Gasteiger partial charge in [-0.1, -0.05) is 6.92 Å². The Labute approximate surface area is 110 Å². The normalized spacial score (nSPS) is 60.5. The van der Waals surface area contributed by atoms with Crippen LogP contribution in [0.3, 0.4) is 0 Å². The molecule has 0 aliphatic heterocycles. The fourth-order valence-corrected chi connectivity index (χ4v) is 6.95. The highest BCUT2D eigenvalue weighted by Gasteiger charge is 2.67. The van der Waals surface area contributed by atoms with Crippen molar-refractivity contribution in [3.8, 4) is 0 Å². The van der Waals surface area contributed by atoms with E-state index < -0.39 is 0 Å². The quantitative estimate of drug-likeness (QED) is 0.755. The summed E-state index contributed by atoms with van der Waals surface area (Å²) in [5, 5.41) is 19.4. The highest BCUT2D eigenvalue weighted by Crippen LogP contribution is 2.73. The molecule has 0 radical (unpaired) electrons. The summed E-state index contributed by atoms with van der Waals surface area (Å²) in [7, 11) is 0.